The molecule has 0 radical (unpaired) electrons. The second kappa shape index (κ2) is 11.7. The number of amides is 2. The zero-order valence-electron chi connectivity index (χ0n) is 21.1. The average Bonchev–Trinajstić information content (AvgIpc) is 3.21. The van der Waals surface area contributed by atoms with Gasteiger partial charge in [-0.1, -0.05) is 92.7 Å². The molecule has 0 saturated carbocycles. The quantitative estimate of drug-likeness (QED) is 0.412. The SMILES string of the molecule is CC(C)C(CNC(=O)OCC1c2ccccc2-c2ccccc21)C(=O)N(CC(=O)O)Cc1ccccc1. The van der Waals surface area contributed by atoms with E-state index in [-0.39, 0.29) is 37.4 Å². The minimum Gasteiger partial charge on any atom is -0.480 e. The van der Waals surface area contributed by atoms with Crippen molar-refractivity contribution in [3.63, 3.8) is 0 Å². The van der Waals surface area contributed by atoms with Crippen LogP contribution < -0.4 is 5.32 Å². The number of rotatable bonds is 10. The highest BCUT2D eigenvalue weighted by Crippen LogP contribution is 2.44. The third-order valence-electron chi connectivity index (χ3n) is 6.79. The molecule has 1 unspecified atom stereocenters. The van der Waals surface area contributed by atoms with Crippen LogP contribution in [0.2, 0.25) is 0 Å². The molecule has 4 rings (SSSR count). The van der Waals surface area contributed by atoms with Crippen molar-refractivity contribution in [3.05, 3.63) is 95.6 Å². The lowest BCUT2D eigenvalue weighted by Crippen LogP contribution is -2.45. The Labute approximate surface area is 217 Å². The van der Waals surface area contributed by atoms with E-state index >= 15 is 0 Å². The Kier molecular flexibility index (Phi) is 8.23. The first-order valence-electron chi connectivity index (χ1n) is 12.5. The molecule has 1 aliphatic carbocycles. The molecule has 0 spiro atoms. The average molecular weight is 501 g/mol. The molecule has 0 bridgehead atoms. The summed E-state index contributed by atoms with van der Waals surface area (Å²) in [6.45, 7) is 3.76. The zero-order chi connectivity index (χ0) is 26.4. The van der Waals surface area contributed by atoms with Crippen molar-refractivity contribution in [2.24, 2.45) is 11.8 Å². The number of nitrogens with one attached hydrogen (secondary N) is 1. The van der Waals surface area contributed by atoms with E-state index < -0.39 is 24.5 Å². The summed E-state index contributed by atoms with van der Waals surface area (Å²) in [6, 6.07) is 25.5. The maximum Gasteiger partial charge on any atom is 0.407 e. The summed E-state index contributed by atoms with van der Waals surface area (Å²) in [5, 5.41) is 12.1. The highest BCUT2D eigenvalue weighted by Gasteiger charge is 2.31. The van der Waals surface area contributed by atoms with Crippen LogP contribution in [0, 0.1) is 11.8 Å². The van der Waals surface area contributed by atoms with Crippen LogP contribution >= 0.6 is 0 Å². The minimum absolute atomic E-state index is 0.0537. The van der Waals surface area contributed by atoms with E-state index in [1.54, 1.807) is 0 Å². The number of carbonyl (C=O) groups is 3. The second-order valence-electron chi connectivity index (χ2n) is 9.63. The van der Waals surface area contributed by atoms with Crippen LogP contribution in [0.5, 0.6) is 0 Å². The molecular weight excluding hydrogens is 468 g/mol. The first-order valence-corrected chi connectivity index (χ1v) is 12.5. The molecule has 0 heterocycles. The van der Waals surface area contributed by atoms with Gasteiger partial charge in [-0.05, 0) is 33.7 Å². The van der Waals surface area contributed by atoms with Crippen molar-refractivity contribution in [1.82, 2.24) is 10.2 Å². The van der Waals surface area contributed by atoms with Gasteiger partial charge in [0.1, 0.15) is 13.2 Å². The molecule has 192 valence electrons. The van der Waals surface area contributed by atoms with Gasteiger partial charge in [-0.15, -0.1) is 0 Å². The number of carboxylic acid groups (broad SMARTS) is 1. The first-order chi connectivity index (χ1) is 17.8. The topological polar surface area (TPSA) is 95.9 Å². The van der Waals surface area contributed by atoms with Crippen LogP contribution in [0.15, 0.2) is 78.9 Å². The molecule has 7 heteroatoms. The number of benzene rings is 3. The molecule has 0 saturated heterocycles. The normalized spacial score (nSPS) is 12.9. The summed E-state index contributed by atoms with van der Waals surface area (Å²) in [5.41, 5.74) is 5.38. The Hall–Kier alpha value is -4.13. The predicted octanol–water partition coefficient (Wildman–Crippen LogP) is 4.91. The standard InChI is InChI=1S/C30H32N2O5/c1-20(2)26(29(35)32(18-28(33)34)17-21-10-4-3-5-11-21)16-31-30(36)37-19-27-24-14-8-6-12-22(24)23-13-7-9-15-25(23)27/h3-15,20,26-27H,16-19H2,1-2H3,(H,31,36)(H,33,34). The van der Waals surface area contributed by atoms with Crippen LogP contribution in [0.1, 0.15) is 36.5 Å². The summed E-state index contributed by atoms with van der Waals surface area (Å²) >= 11 is 0. The fraction of sp³-hybridized carbons (Fsp3) is 0.300. The van der Waals surface area contributed by atoms with Crippen molar-refractivity contribution in [1.29, 1.82) is 0 Å². The van der Waals surface area contributed by atoms with Gasteiger partial charge >= 0.3 is 12.1 Å². The number of hydrogen-bond acceptors (Lipinski definition) is 4. The molecule has 1 atom stereocenters. The fourth-order valence-corrected chi connectivity index (χ4v) is 4.86. The molecule has 1 aliphatic rings. The van der Waals surface area contributed by atoms with Gasteiger partial charge in [-0.3, -0.25) is 9.59 Å². The zero-order valence-corrected chi connectivity index (χ0v) is 21.1. The van der Waals surface area contributed by atoms with Gasteiger partial charge < -0.3 is 20.1 Å². The van der Waals surface area contributed by atoms with Gasteiger partial charge in [0, 0.05) is 19.0 Å². The van der Waals surface area contributed by atoms with E-state index in [0.717, 1.165) is 27.8 Å². The molecule has 37 heavy (non-hydrogen) atoms. The number of fused-ring (bicyclic) bond motifs is 3. The van der Waals surface area contributed by atoms with E-state index in [4.69, 9.17) is 4.74 Å². The molecule has 0 fully saturated rings. The Morgan fingerprint density at radius 3 is 2.03 bits per heavy atom. The van der Waals surface area contributed by atoms with Crippen molar-refractivity contribution in [2.45, 2.75) is 26.3 Å². The largest absolute Gasteiger partial charge is 0.480 e. The van der Waals surface area contributed by atoms with Crippen LogP contribution in [0.25, 0.3) is 11.1 Å². The molecule has 7 nitrogen and oxygen atoms in total. The van der Waals surface area contributed by atoms with Crippen LogP contribution in [0.4, 0.5) is 4.79 Å². The van der Waals surface area contributed by atoms with E-state index in [1.807, 2.05) is 68.4 Å². The second-order valence-corrected chi connectivity index (χ2v) is 9.63. The maximum absolute atomic E-state index is 13.3. The van der Waals surface area contributed by atoms with Gasteiger partial charge in [-0.25, -0.2) is 4.79 Å². The van der Waals surface area contributed by atoms with E-state index in [9.17, 15) is 19.5 Å². The first kappa shape index (κ1) is 25.9. The molecule has 2 N–H and O–H groups in total. The molecule has 3 aromatic carbocycles. The maximum atomic E-state index is 13.3. The highest BCUT2D eigenvalue weighted by molar-refractivity contribution is 5.84. The number of aliphatic carboxylic acids is 1. The van der Waals surface area contributed by atoms with Crippen LogP contribution in [-0.2, 0) is 20.9 Å². The molecule has 3 aromatic rings. The smallest absolute Gasteiger partial charge is 0.407 e. The minimum atomic E-state index is -1.09. The number of ether oxygens (including phenoxy) is 1. The van der Waals surface area contributed by atoms with Crippen molar-refractivity contribution in [3.8, 4) is 11.1 Å². The van der Waals surface area contributed by atoms with E-state index in [1.165, 1.54) is 4.90 Å². The van der Waals surface area contributed by atoms with E-state index in [0.29, 0.717) is 0 Å². The summed E-state index contributed by atoms with van der Waals surface area (Å²) < 4.78 is 5.60. The lowest BCUT2D eigenvalue weighted by molar-refractivity contribution is -0.147. The predicted molar refractivity (Wildman–Crippen MR) is 141 cm³/mol. The molecule has 0 aliphatic heterocycles. The Morgan fingerprint density at radius 1 is 0.892 bits per heavy atom. The lowest BCUT2D eigenvalue weighted by Gasteiger charge is -2.28. The van der Waals surface area contributed by atoms with Gasteiger partial charge in [0.15, 0.2) is 0 Å². The molecular formula is C30H32N2O5. The Balaban J connectivity index is 1.38. The highest BCUT2D eigenvalue weighted by atomic mass is 16.5. The summed E-state index contributed by atoms with van der Waals surface area (Å²) in [7, 11) is 0. The summed E-state index contributed by atoms with van der Waals surface area (Å²) in [5.74, 6) is -2.17. The van der Waals surface area contributed by atoms with Crippen molar-refractivity contribution in [2.75, 3.05) is 19.7 Å². The van der Waals surface area contributed by atoms with Crippen molar-refractivity contribution >= 4 is 18.0 Å². The fourth-order valence-electron chi connectivity index (χ4n) is 4.86. The number of nitrogens with zero attached hydrogens (tertiary/aromatic N) is 1. The number of carboxylic acids is 1. The number of hydrogen-bond donors (Lipinski definition) is 2. The van der Waals surface area contributed by atoms with Gasteiger partial charge in [0.2, 0.25) is 5.91 Å². The number of carbonyl (C=O) groups excluding carboxylic acids is 2. The number of alkyl carbamates (subject to hydrolysis) is 1. The Morgan fingerprint density at radius 2 is 1.46 bits per heavy atom. The van der Waals surface area contributed by atoms with Crippen LogP contribution in [-0.4, -0.2) is 47.7 Å². The third kappa shape index (κ3) is 6.17. The molecule has 0 aromatic heterocycles. The molecule has 2 amide bonds. The monoisotopic (exact) mass is 500 g/mol. The van der Waals surface area contributed by atoms with Gasteiger partial charge in [0.05, 0.1) is 5.92 Å². The lowest BCUT2D eigenvalue weighted by atomic mass is 9.94. The van der Waals surface area contributed by atoms with Crippen molar-refractivity contribution < 1.29 is 24.2 Å². The summed E-state index contributed by atoms with van der Waals surface area (Å²) in [4.78, 5) is 38.8. The van der Waals surface area contributed by atoms with Crippen LogP contribution in [0.3, 0.4) is 0 Å². The van der Waals surface area contributed by atoms with E-state index in [2.05, 4.69) is 29.6 Å². The third-order valence-corrected chi connectivity index (χ3v) is 6.79. The summed E-state index contributed by atoms with van der Waals surface area (Å²) in [6.07, 6.45) is -0.604. The van der Waals surface area contributed by atoms with Gasteiger partial charge in [-0.2, -0.15) is 0 Å². The van der Waals surface area contributed by atoms with Gasteiger partial charge in [0.25, 0.3) is 0 Å². The Bertz CT molecular complexity index is 1210.